The highest BCUT2D eigenvalue weighted by Gasteiger charge is 2.05. The van der Waals surface area contributed by atoms with Crippen molar-refractivity contribution in [3.05, 3.63) is 33.2 Å². The van der Waals surface area contributed by atoms with E-state index in [1.54, 1.807) is 7.05 Å². The first-order valence-electron chi connectivity index (χ1n) is 4.09. The van der Waals surface area contributed by atoms with Crippen LogP contribution in [0.2, 0.25) is 0 Å². The zero-order chi connectivity index (χ0) is 10.8. The maximum absolute atomic E-state index is 11.6. The van der Waals surface area contributed by atoms with Gasteiger partial charge in [-0.2, -0.15) is 4.80 Å². The Morgan fingerprint density at radius 1 is 1.53 bits per heavy atom. The number of tetrazole rings is 1. The summed E-state index contributed by atoms with van der Waals surface area (Å²) >= 11 is 3.11. The summed E-state index contributed by atoms with van der Waals surface area (Å²) < 4.78 is 1.81. The van der Waals surface area contributed by atoms with Gasteiger partial charge in [0.2, 0.25) is 0 Å². The normalized spacial score (nSPS) is 10.5. The molecule has 0 aliphatic rings. The number of halogens is 1. The standard InChI is InChI=1S/C7H7BrN6O/c1-13-11-6(10-12-13)3-14-4-9-2-5(8)7(14)15/h2,4H,3H2,1H3. The molecule has 0 aromatic carbocycles. The second-order valence-corrected chi connectivity index (χ2v) is 3.72. The molecule has 0 unspecified atom stereocenters. The Labute approximate surface area is 92.9 Å². The predicted molar refractivity (Wildman–Crippen MR) is 54.1 cm³/mol. The predicted octanol–water partition coefficient (Wildman–Crippen LogP) is -0.422. The first kappa shape index (κ1) is 9.97. The zero-order valence-corrected chi connectivity index (χ0v) is 9.42. The van der Waals surface area contributed by atoms with Gasteiger partial charge in [0.05, 0.1) is 19.9 Å². The van der Waals surface area contributed by atoms with Gasteiger partial charge >= 0.3 is 0 Å². The number of hydrogen-bond acceptors (Lipinski definition) is 5. The van der Waals surface area contributed by atoms with Crippen LogP contribution in [0.25, 0.3) is 0 Å². The summed E-state index contributed by atoms with van der Waals surface area (Å²) in [6.07, 6.45) is 2.88. The zero-order valence-electron chi connectivity index (χ0n) is 7.83. The van der Waals surface area contributed by atoms with Gasteiger partial charge in [0, 0.05) is 6.20 Å². The van der Waals surface area contributed by atoms with E-state index in [2.05, 4.69) is 36.3 Å². The van der Waals surface area contributed by atoms with Gasteiger partial charge in [-0.3, -0.25) is 9.36 Å². The van der Waals surface area contributed by atoms with Crippen molar-refractivity contribution < 1.29 is 0 Å². The summed E-state index contributed by atoms with van der Waals surface area (Å²) in [5, 5.41) is 11.4. The Morgan fingerprint density at radius 3 is 3.00 bits per heavy atom. The lowest BCUT2D eigenvalue weighted by Gasteiger charge is -2.00. The summed E-state index contributed by atoms with van der Waals surface area (Å²) in [4.78, 5) is 16.8. The van der Waals surface area contributed by atoms with Gasteiger partial charge in [-0.15, -0.1) is 10.2 Å². The average molecular weight is 271 g/mol. The van der Waals surface area contributed by atoms with Crippen LogP contribution in [-0.4, -0.2) is 29.8 Å². The van der Waals surface area contributed by atoms with Crippen LogP contribution in [0.3, 0.4) is 0 Å². The Kier molecular flexibility index (Phi) is 2.58. The molecular formula is C7H7BrN6O. The van der Waals surface area contributed by atoms with E-state index in [1.807, 2.05) is 0 Å². The van der Waals surface area contributed by atoms with Crippen molar-refractivity contribution >= 4 is 15.9 Å². The first-order valence-corrected chi connectivity index (χ1v) is 4.89. The van der Waals surface area contributed by atoms with Gasteiger partial charge in [-0.1, -0.05) is 0 Å². The van der Waals surface area contributed by atoms with Gasteiger partial charge in [-0.25, -0.2) is 4.98 Å². The molecule has 0 fully saturated rings. The number of rotatable bonds is 2. The van der Waals surface area contributed by atoms with Crippen LogP contribution in [0.4, 0.5) is 0 Å². The molecule has 0 aliphatic heterocycles. The van der Waals surface area contributed by atoms with Crippen LogP contribution >= 0.6 is 15.9 Å². The lowest BCUT2D eigenvalue weighted by Crippen LogP contribution is -2.21. The van der Waals surface area contributed by atoms with Crippen molar-refractivity contribution in [2.45, 2.75) is 6.54 Å². The van der Waals surface area contributed by atoms with E-state index in [4.69, 9.17) is 0 Å². The van der Waals surface area contributed by atoms with Crippen molar-refractivity contribution in [2.24, 2.45) is 7.05 Å². The maximum Gasteiger partial charge on any atom is 0.268 e. The Bertz CT molecular complexity index is 532. The number of aromatic nitrogens is 6. The summed E-state index contributed by atoms with van der Waals surface area (Å²) in [6, 6.07) is 0. The largest absolute Gasteiger partial charge is 0.290 e. The fourth-order valence-electron chi connectivity index (χ4n) is 1.08. The molecule has 2 aromatic heterocycles. The SMILES string of the molecule is Cn1nnc(Cn2cncc(Br)c2=O)n1. The highest BCUT2D eigenvalue weighted by Crippen LogP contribution is 1.99. The number of aryl methyl sites for hydroxylation is 1. The van der Waals surface area contributed by atoms with Gasteiger partial charge in [0.25, 0.3) is 5.56 Å². The second kappa shape index (κ2) is 3.89. The monoisotopic (exact) mass is 270 g/mol. The fourth-order valence-corrected chi connectivity index (χ4v) is 1.42. The second-order valence-electron chi connectivity index (χ2n) is 2.87. The average Bonchev–Trinajstić information content (AvgIpc) is 2.59. The molecule has 0 saturated carbocycles. The summed E-state index contributed by atoms with van der Waals surface area (Å²) in [6.45, 7) is 0.263. The molecule has 0 saturated heterocycles. The Hall–Kier alpha value is -1.57. The van der Waals surface area contributed by atoms with Crippen LogP contribution in [0.5, 0.6) is 0 Å². The van der Waals surface area contributed by atoms with Gasteiger partial charge < -0.3 is 0 Å². The van der Waals surface area contributed by atoms with Crippen LogP contribution in [-0.2, 0) is 13.6 Å². The molecule has 2 heterocycles. The topological polar surface area (TPSA) is 78.5 Å². The first-order chi connectivity index (χ1) is 7.16. The highest BCUT2D eigenvalue weighted by atomic mass is 79.9. The third-order valence-electron chi connectivity index (χ3n) is 1.72. The van der Waals surface area contributed by atoms with E-state index < -0.39 is 0 Å². The molecule has 7 nitrogen and oxygen atoms in total. The third-order valence-corrected chi connectivity index (χ3v) is 2.26. The van der Waals surface area contributed by atoms with Crippen molar-refractivity contribution in [3.8, 4) is 0 Å². The minimum atomic E-state index is -0.169. The van der Waals surface area contributed by atoms with E-state index in [1.165, 1.54) is 21.9 Å². The molecular weight excluding hydrogens is 264 g/mol. The van der Waals surface area contributed by atoms with E-state index >= 15 is 0 Å². The lowest BCUT2D eigenvalue weighted by molar-refractivity contribution is 0.623. The summed E-state index contributed by atoms with van der Waals surface area (Å²) in [5.41, 5.74) is -0.169. The summed E-state index contributed by atoms with van der Waals surface area (Å²) in [5.74, 6) is 0.472. The van der Waals surface area contributed by atoms with E-state index in [0.29, 0.717) is 10.3 Å². The van der Waals surface area contributed by atoms with Crippen molar-refractivity contribution in [1.82, 2.24) is 29.8 Å². The Morgan fingerprint density at radius 2 is 2.33 bits per heavy atom. The van der Waals surface area contributed by atoms with Crippen molar-refractivity contribution in [2.75, 3.05) is 0 Å². The van der Waals surface area contributed by atoms with Crippen LogP contribution in [0, 0.1) is 0 Å². The van der Waals surface area contributed by atoms with E-state index in [0.717, 1.165) is 0 Å². The third kappa shape index (κ3) is 2.09. The molecule has 8 heteroatoms. The lowest BCUT2D eigenvalue weighted by atomic mass is 10.5. The molecule has 78 valence electrons. The van der Waals surface area contributed by atoms with E-state index in [-0.39, 0.29) is 12.1 Å². The highest BCUT2D eigenvalue weighted by molar-refractivity contribution is 9.10. The minimum Gasteiger partial charge on any atom is -0.290 e. The molecule has 0 N–H and O–H groups in total. The minimum absolute atomic E-state index is 0.169. The Balaban J connectivity index is 2.32. The molecule has 0 spiro atoms. The van der Waals surface area contributed by atoms with Gasteiger partial charge in [-0.05, 0) is 21.1 Å². The number of nitrogens with zero attached hydrogens (tertiary/aromatic N) is 6. The van der Waals surface area contributed by atoms with Crippen LogP contribution < -0.4 is 5.56 Å². The molecule has 0 aliphatic carbocycles. The quantitative estimate of drug-likeness (QED) is 0.741. The molecule has 0 bridgehead atoms. The van der Waals surface area contributed by atoms with Gasteiger partial charge in [0.1, 0.15) is 4.47 Å². The molecule has 2 rings (SSSR count). The molecule has 15 heavy (non-hydrogen) atoms. The maximum atomic E-state index is 11.6. The van der Waals surface area contributed by atoms with Crippen molar-refractivity contribution in [3.63, 3.8) is 0 Å². The molecule has 2 aromatic rings. The summed E-state index contributed by atoms with van der Waals surface area (Å²) in [7, 11) is 1.67. The van der Waals surface area contributed by atoms with Crippen LogP contribution in [0.15, 0.2) is 21.8 Å². The fraction of sp³-hybridized carbons (Fsp3) is 0.286. The number of hydrogen-bond donors (Lipinski definition) is 0. The van der Waals surface area contributed by atoms with Gasteiger partial charge in [0.15, 0.2) is 5.82 Å². The van der Waals surface area contributed by atoms with E-state index in [9.17, 15) is 4.79 Å². The smallest absolute Gasteiger partial charge is 0.268 e. The molecule has 0 radical (unpaired) electrons. The molecule has 0 amide bonds. The molecule has 0 atom stereocenters. The van der Waals surface area contributed by atoms with Crippen molar-refractivity contribution in [1.29, 1.82) is 0 Å². The van der Waals surface area contributed by atoms with Crippen LogP contribution in [0.1, 0.15) is 5.82 Å².